The molecule has 4 aromatic rings. The summed E-state index contributed by atoms with van der Waals surface area (Å²) in [5, 5.41) is 8.65. The van der Waals surface area contributed by atoms with Gasteiger partial charge in [0.05, 0.1) is 17.8 Å². The van der Waals surface area contributed by atoms with Gasteiger partial charge in [-0.1, -0.05) is 71.9 Å². The molecule has 0 atom stereocenters. The molecule has 0 radical (unpaired) electrons. The number of ether oxygens (including phenoxy) is 5. The van der Waals surface area contributed by atoms with E-state index in [1.807, 2.05) is 40.6 Å². The van der Waals surface area contributed by atoms with E-state index < -0.39 is 36.1 Å². The summed E-state index contributed by atoms with van der Waals surface area (Å²) in [4.78, 5) is 20.5. The smallest absolute Gasteiger partial charge is 0.407 e. The highest BCUT2D eigenvalue weighted by Crippen LogP contribution is 2.35. The van der Waals surface area contributed by atoms with Crippen molar-refractivity contribution in [2.75, 3.05) is 39.8 Å². The molecular weight excluding hydrogens is 776 g/mol. The molecule has 312 valence electrons. The molecule has 0 unspecified atom stereocenters. The van der Waals surface area contributed by atoms with Crippen molar-refractivity contribution in [2.45, 2.75) is 110 Å². The minimum atomic E-state index is -1.33. The number of fused-ring (bicyclic) bond motifs is 1. The number of imidazole rings is 1. The zero-order chi connectivity index (χ0) is 41.8. The van der Waals surface area contributed by atoms with E-state index in [0.29, 0.717) is 43.5 Å². The Hall–Kier alpha value is -3.86. The van der Waals surface area contributed by atoms with Gasteiger partial charge in [-0.05, 0) is 65.5 Å². The van der Waals surface area contributed by atoms with Crippen molar-refractivity contribution in [1.82, 2.24) is 24.6 Å². The average Bonchev–Trinajstić information content (AvgIpc) is 3.70. The lowest BCUT2D eigenvalue weighted by molar-refractivity contribution is 0.0197. The van der Waals surface area contributed by atoms with Crippen molar-refractivity contribution in [3.05, 3.63) is 65.0 Å². The van der Waals surface area contributed by atoms with Crippen molar-refractivity contribution in [3.63, 3.8) is 0 Å². The Kier molecular flexibility index (Phi) is 16.7. The van der Waals surface area contributed by atoms with Crippen LogP contribution in [0.4, 0.5) is 9.18 Å². The molecule has 16 heteroatoms. The van der Waals surface area contributed by atoms with E-state index in [9.17, 15) is 4.79 Å². The van der Waals surface area contributed by atoms with E-state index in [-0.39, 0.29) is 45.7 Å². The average molecular weight is 839 g/mol. The van der Waals surface area contributed by atoms with Crippen LogP contribution in [0.2, 0.25) is 77.1 Å². The second-order valence-corrected chi connectivity index (χ2v) is 34.8. The summed E-state index contributed by atoms with van der Waals surface area (Å²) >= 11 is 0. The third-order valence-corrected chi connectivity index (χ3v) is 14.3. The van der Waals surface area contributed by atoms with Gasteiger partial charge in [0.25, 0.3) is 0 Å². The van der Waals surface area contributed by atoms with Gasteiger partial charge in [0, 0.05) is 55.6 Å². The van der Waals surface area contributed by atoms with Gasteiger partial charge in [-0.2, -0.15) is 5.10 Å². The minimum Gasteiger partial charge on any atom is -0.464 e. The van der Waals surface area contributed by atoms with Gasteiger partial charge in [-0.25, -0.2) is 25.4 Å². The summed E-state index contributed by atoms with van der Waals surface area (Å²) in [6.45, 7) is 32.2. The number of nitrogens with one attached hydrogen (secondary N) is 1. The Balaban J connectivity index is 1.71. The first-order valence-corrected chi connectivity index (χ1v) is 31.0. The normalized spacial score (nSPS) is 12.2. The Morgan fingerprint density at radius 1 is 0.877 bits per heavy atom. The highest BCUT2D eigenvalue weighted by Gasteiger charge is 2.22. The van der Waals surface area contributed by atoms with Gasteiger partial charge in [-0.3, -0.25) is 0 Å². The molecule has 0 spiro atoms. The lowest BCUT2D eigenvalue weighted by Gasteiger charge is -2.16. The zero-order valence-electron chi connectivity index (χ0n) is 35.7. The SMILES string of the molecule is [C-]#[N+]CCOC(=O)NCc1cn(COCC[Si](C)(C)C)c(-c2nn(COCC[Si](C)(C)C)c3cc(-c4cc(F)c(OCOCC[Si](C)(C)C)cc4CC)ccc23)n1. The number of amides is 1. The van der Waals surface area contributed by atoms with Crippen molar-refractivity contribution in [2.24, 2.45) is 0 Å². The molecule has 2 heterocycles. The van der Waals surface area contributed by atoms with Crippen molar-refractivity contribution >= 4 is 41.2 Å². The number of benzene rings is 2. The lowest BCUT2D eigenvalue weighted by Crippen LogP contribution is -2.24. The number of alkyl carbamates (subject to hydrolysis) is 1. The van der Waals surface area contributed by atoms with Gasteiger partial charge in [0.1, 0.15) is 19.2 Å². The molecule has 4 rings (SSSR count). The number of hydrogen-bond acceptors (Lipinski definition) is 8. The van der Waals surface area contributed by atoms with Crippen molar-refractivity contribution in [3.8, 4) is 28.4 Å². The van der Waals surface area contributed by atoms with Crippen molar-refractivity contribution < 1.29 is 32.9 Å². The largest absolute Gasteiger partial charge is 0.464 e. The summed E-state index contributed by atoms with van der Waals surface area (Å²) in [6.07, 6.45) is 1.90. The standard InChI is InChI=1S/C41H63FN6O6Si3/c1-12-31-24-38(54-30-52-19-22-57(9,10)11)36(42)25-35(31)32-13-14-34-37(23-32)48(29-51-18-21-56(6,7)8)46-39(34)40-45-33(26-44-41(49)53-16-15-43-2)27-47(40)28-50-17-20-55(3,4)5/h13-14,23-25,27H,12,15-22,26,28-30H2,1,3-11H3,(H,44,49). The van der Waals surface area contributed by atoms with Gasteiger partial charge >= 0.3 is 6.09 Å². The fourth-order valence-corrected chi connectivity index (χ4v) is 8.00. The molecule has 0 aliphatic heterocycles. The number of nitrogens with zero attached hydrogens (tertiary/aromatic N) is 5. The summed E-state index contributed by atoms with van der Waals surface area (Å²) < 4.78 is 48.3. The first-order chi connectivity index (χ1) is 26.9. The molecule has 1 amide bonds. The first kappa shape index (κ1) is 45.8. The molecule has 2 aromatic carbocycles. The molecule has 12 nitrogen and oxygen atoms in total. The molecule has 0 fully saturated rings. The maximum atomic E-state index is 15.6. The van der Waals surface area contributed by atoms with E-state index >= 15 is 4.39 Å². The molecular formula is C41H63FN6O6Si3. The second-order valence-electron chi connectivity index (χ2n) is 17.9. The molecule has 0 aliphatic carbocycles. The van der Waals surface area contributed by atoms with Crippen LogP contribution in [0.15, 0.2) is 36.5 Å². The number of carbonyl (C=O) groups excluding carboxylic acids is 1. The molecule has 1 N–H and O–H groups in total. The zero-order valence-corrected chi connectivity index (χ0v) is 38.7. The van der Waals surface area contributed by atoms with Gasteiger partial charge in [0.15, 0.2) is 30.8 Å². The summed E-state index contributed by atoms with van der Waals surface area (Å²) in [5.41, 5.74) is 4.59. The number of halogens is 1. The molecule has 57 heavy (non-hydrogen) atoms. The molecule has 0 saturated carbocycles. The predicted octanol–water partition coefficient (Wildman–Crippen LogP) is 9.73. The lowest BCUT2D eigenvalue weighted by atomic mass is 9.96. The monoisotopic (exact) mass is 838 g/mol. The highest BCUT2D eigenvalue weighted by molar-refractivity contribution is 6.76. The molecule has 0 aliphatic rings. The minimum absolute atomic E-state index is 0.000210. The maximum Gasteiger partial charge on any atom is 0.407 e. The van der Waals surface area contributed by atoms with Crippen molar-refractivity contribution in [1.29, 1.82) is 0 Å². The predicted molar refractivity (Wildman–Crippen MR) is 233 cm³/mol. The van der Waals surface area contributed by atoms with E-state index in [1.165, 1.54) is 0 Å². The van der Waals surface area contributed by atoms with E-state index in [4.69, 9.17) is 40.3 Å². The summed E-state index contributed by atoms with van der Waals surface area (Å²) in [6, 6.07) is 12.4. The number of aryl methyl sites for hydroxylation is 1. The fourth-order valence-electron chi connectivity index (χ4n) is 5.73. The number of hydrogen-bond donors (Lipinski definition) is 1. The van der Waals surface area contributed by atoms with Crippen LogP contribution < -0.4 is 10.1 Å². The maximum absolute atomic E-state index is 15.6. The topological polar surface area (TPSA) is 115 Å². The van der Waals surface area contributed by atoms with Crippen LogP contribution in [0.1, 0.15) is 18.2 Å². The number of carbonyl (C=O) groups is 1. The van der Waals surface area contributed by atoms with E-state index in [1.54, 1.807) is 12.1 Å². The van der Waals surface area contributed by atoms with Crippen LogP contribution in [0.25, 0.3) is 38.4 Å². The molecule has 0 saturated heterocycles. The second kappa shape index (κ2) is 20.7. The molecule has 2 aromatic heterocycles. The molecule has 0 bridgehead atoms. The quantitative estimate of drug-likeness (QED) is 0.0340. The number of rotatable bonds is 23. The highest BCUT2D eigenvalue weighted by atomic mass is 28.3. The van der Waals surface area contributed by atoms with Gasteiger partial charge in [0.2, 0.25) is 6.54 Å². The van der Waals surface area contributed by atoms with E-state index in [0.717, 1.165) is 45.7 Å². The Bertz CT molecular complexity index is 1980. The first-order valence-electron chi connectivity index (χ1n) is 19.9. The summed E-state index contributed by atoms with van der Waals surface area (Å²) in [5.74, 6) is 0.301. The van der Waals surface area contributed by atoms with Crippen LogP contribution in [0.3, 0.4) is 0 Å². The van der Waals surface area contributed by atoms with Crippen LogP contribution in [0, 0.1) is 12.4 Å². The fraction of sp³-hybridized carbons (Fsp3) is 0.561. The Labute approximate surface area is 341 Å². The Morgan fingerprint density at radius 2 is 1.53 bits per heavy atom. The van der Waals surface area contributed by atoms with Crippen LogP contribution in [0.5, 0.6) is 5.75 Å². The Morgan fingerprint density at radius 3 is 2.16 bits per heavy atom. The van der Waals surface area contributed by atoms with Gasteiger partial charge in [-0.15, -0.1) is 0 Å². The van der Waals surface area contributed by atoms with Crippen LogP contribution in [-0.4, -0.2) is 89.4 Å². The number of aromatic nitrogens is 4. The third-order valence-electron chi connectivity index (χ3n) is 9.22. The van der Waals surface area contributed by atoms with Crippen LogP contribution >= 0.6 is 0 Å². The third kappa shape index (κ3) is 14.8. The van der Waals surface area contributed by atoms with E-state index in [2.05, 4.69) is 69.1 Å². The van der Waals surface area contributed by atoms with Crippen LogP contribution in [-0.2, 0) is 45.4 Å². The van der Waals surface area contributed by atoms with Gasteiger partial charge < -0.3 is 38.4 Å². The summed E-state index contributed by atoms with van der Waals surface area (Å²) in [7, 11) is -3.90.